The van der Waals surface area contributed by atoms with E-state index in [1.54, 1.807) is 25.6 Å². The van der Waals surface area contributed by atoms with Crippen LogP contribution >= 0.6 is 0 Å². The molecule has 2 aromatic rings. The second kappa shape index (κ2) is 3.88. The number of nitrogens with zero attached hydrogens (tertiary/aromatic N) is 3. The van der Waals surface area contributed by atoms with Crippen molar-refractivity contribution in [1.29, 1.82) is 0 Å². The lowest BCUT2D eigenvalue weighted by Crippen LogP contribution is -2.13. The van der Waals surface area contributed by atoms with E-state index in [4.69, 9.17) is 0 Å². The van der Waals surface area contributed by atoms with E-state index in [0.717, 1.165) is 5.69 Å². The zero-order valence-corrected chi connectivity index (χ0v) is 10.5. The molecule has 8 heteroatoms. The van der Waals surface area contributed by atoms with Gasteiger partial charge in [0.25, 0.3) is 10.0 Å². The van der Waals surface area contributed by atoms with Gasteiger partial charge in [-0.2, -0.15) is 10.2 Å². The summed E-state index contributed by atoms with van der Waals surface area (Å²) in [5.74, 6) is 0. The Morgan fingerprint density at radius 2 is 2.12 bits per heavy atom. The molecule has 0 atom stereocenters. The molecule has 0 unspecified atom stereocenters. The van der Waals surface area contributed by atoms with Crippen LogP contribution in [0.1, 0.15) is 11.4 Å². The van der Waals surface area contributed by atoms with Gasteiger partial charge in [-0.25, -0.2) is 8.42 Å². The number of hydrogen-bond donors (Lipinski definition) is 2. The van der Waals surface area contributed by atoms with E-state index in [2.05, 4.69) is 20.0 Å². The molecule has 0 bridgehead atoms. The van der Waals surface area contributed by atoms with E-state index in [1.165, 1.54) is 12.4 Å². The van der Waals surface area contributed by atoms with Gasteiger partial charge in [-0.1, -0.05) is 0 Å². The second-order valence-corrected chi connectivity index (χ2v) is 5.39. The lowest BCUT2D eigenvalue weighted by molar-refractivity contribution is 0.601. The normalized spacial score (nSPS) is 11.7. The lowest BCUT2D eigenvalue weighted by Gasteiger charge is -2.06. The van der Waals surface area contributed by atoms with Crippen LogP contribution < -0.4 is 4.72 Å². The molecule has 0 saturated carbocycles. The fourth-order valence-corrected chi connectivity index (χ4v) is 2.58. The molecular formula is C9H13N5O2S. The van der Waals surface area contributed by atoms with E-state index in [9.17, 15) is 8.42 Å². The van der Waals surface area contributed by atoms with Crippen molar-refractivity contribution in [3.8, 4) is 0 Å². The molecule has 0 spiro atoms. The van der Waals surface area contributed by atoms with Crippen molar-refractivity contribution in [2.75, 3.05) is 4.72 Å². The number of sulfonamides is 1. The fraction of sp³-hybridized carbons (Fsp3) is 0.333. The summed E-state index contributed by atoms with van der Waals surface area (Å²) in [4.78, 5) is 0.0974. The van der Waals surface area contributed by atoms with Crippen LogP contribution in [-0.4, -0.2) is 28.4 Å². The maximum Gasteiger partial charge on any atom is 0.265 e. The molecule has 2 N–H and O–H groups in total. The van der Waals surface area contributed by atoms with E-state index in [1.807, 2.05) is 0 Å². The van der Waals surface area contributed by atoms with Gasteiger partial charge in [0.1, 0.15) is 4.90 Å². The van der Waals surface area contributed by atoms with Gasteiger partial charge in [-0.3, -0.25) is 14.5 Å². The number of H-pyrrole nitrogens is 1. The molecule has 0 aliphatic heterocycles. The molecule has 0 saturated heterocycles. The van der Waals surface area contributed by atoms with Gasteiger partial charge in [-0.15, -0.1) is 0 Å². The van der Waals surface area contributed by atoms with Crippen LogP contribution in [0.5, 0.6) is 0 Å². The molecule has 92 valence electrons. The quantitative estimate of drug-likeness (QED) is 0.838. The fourth-order valence-electron chi connectivity index (χ4n) is 1.50. The highest BCUT2D eigenvalue weighted by molar-refractivity contribution is 7.92. The summed E-state index contributed by atoms with van der Waals surface area (Å²) in [6, 6.07) is 0. The summed E-state index contributed by atoms with van der Waals surface area (Å²) in [5.41, 5.74) is 1.90. The maximum absolute atomic E-state index is 12.0. The average Bonchev–Trinajstić information content (AvgIpc) is 2.84. The number of anilines is 1. The number of aryl methyl sites for hydroxylation is 2. The Morgan fingerprint density at radius 3 is 2.59 bits per heavy atom. The minimum atomic E-state index is -3.60. The Morgan fingerprint density at radius 1 is 1.41 bits per heavy atom. The van der Waals surface area contributed by atoms with Crippen LogP contribution in [0.2, 0.25) is 0 Å². The largest absolute Gasteiger partial charge is 0.284 e. The van der Waals surface area contributed by atoms with Crippen LogP contribution in [0.3, 0.4) is 0 Å². The summed E-state index contributed by atoms with van der Waals surface area (Å²) >= 11 is 0. The third kappa shape index (κ3) is 2.03. The highest BCUT2D eigenvalue weighted by atomic mass is 32.2. The molecule has 2 rings (SSSR count). The smallest absolute Gasteiger partial charge is 0.265 e. The molecule has 2 heterocycles. The van der Waals surface area contributed by atoms with Crippen molar-refractivity contribution in [3.05, 3.63) is 23.8 Å². The second-order valence-electron chi connectivity index (χ2n) is 3.71. The first-order valence-electron chi connectivity index (χ1n) is 4.93. The summed E-state index contributed by atoms with van der Waals surface area (Å²) in [5, 5.41) is 10.2. The van der Waals surface area contributed by atoms with Crippen LogP contribution in [0.15, 0.2) is 17.3 Å². The highest BCUT2D eigenvalue weighted by Crippen LogP contribution is 2.21. The number of aromatic nitrogens is 4. The standard InChI is InChI=1S/C9H13N5O2S/c1-6-9(7(2)14(3)12-6)13-17(15,16)8-4-10-11-5-8/h4-5,13H,1-3H3,(H,10,11). The van der Waals surface area contributed by atoms with E-state index >= 15 is 0 Å². The van der Waals surface area contributed by atoms with Gasteiger partial charge in [0.05, 0.1) is 23.3 Å². The van der Waals surface area contributed by atoms with Crippen molar-refractivity contribution < 1.29 is 8.42 Å². The maximum atomic E-state index is 12.0. The van der Waals surface area contributed by atoms with Gasteiger partial charge in [-0.05, 0) is 13.8 Å². The monoisotopic (exact) mass is 255 g/mol. The number of aromatic amines is 1. The predicted octanol–water partition coefficient (Wildman–Crippen LogP) is 0.561. The Bertz CT molecular complexity index is 627. The highest BCUT2D eigenvalue weighted by Gasteiger charge is 2.19. The van der Waals surface area contributed by atoms with Crippen LogP contribution in [0.25, 0.3) is 0 Å². The molecule has 0 aliphatic rings. The Balaban J connectivity index is 2.40. The third-order valence-corrected chi connectivity index (χ3v) is 3.85. The summed E-state index contributed by atoms with van der Waals surface area (Å²) in [6.45, 7) is 3.55. The predicted molar refractivity (Wildman–Crippen MR) is 62.1 cm³/mol. The van der Waals surface area contributed by atoms with E-state index in [-0.39, 0.29) is 4.90 Å². The summed E-state index contributed by atoms with van der Waals surface area (Å²) in [7, 11) is -1.84. The molecule has 0 radical (unpaired) electrons. The average molecular weight is 255 g/mol. The molecule has 0 aliphatic carbocycles. The molecule has 2 aromatic heterocycles. The van der Waals surface area contributed by atoms with Gasteiger partial charge >= 0.3 is 0 Å². The Hall–Kier alpha value is -1.83. The SMILES string of the molecule is Cc1nn(C)c(C)c1NS(=O)(=O)c1cn[nH]c1. The molecule has 0 fully saturated rings. The van der Waals surface area contributed by atoms with Gasteiger partial charge in [0.2, 0.25) is 0 Å². The number of hydrogen-bond acceptors (Lipinski definition) is 4. The topological polar surface area (TPSA) is 92.7 Å². The van der Waals surface area contributed by atoms with Gasteiger partial charge in [0, 0.05) is 13.2 Å². The van der Waals surface area contributed by atoms with Crippen LogP contribution in [0.4, 0.5) is 5.69 Å². The molecular weight excluding hydrogens is 242 g/mol. The lowest BCUT2D eigenvalue weighted by atomic mass is 10.3. The first-order valence-corrected chi connectivity index (χ1v) is 6.42. The van der Waals surface area contributed by atoms with E-state index in [0.29, 0.717) is 11.4 Å². The molecule has 17 heavy (non-hydrogen) atoms. The van der Waals surface area contributed by atoms with Crippen molar-refractivity contribution in [3.63, 3.8) is 0 Å². The number of rotatable bonds is 3. The molecule has 0 amide bonds. The summed E-state index contributed by atoms with van der Waals surface area (Å²) in [6.07, 6.45) is 2.58. The van der Waals surface area contributed by atoms with Crippen molar-refractivity contribution in [2.45, 2.75) is 18.7 Å². The van der Waals surface area contributed by atoms with Crippen molar-refractivity contribution in [2.24, 2.45) is 7.05 Å². The van der Waals surface area contributed by atoms with Gasteiger partial charge < -0.3 is 0 Å². The van der Waals surface area contributed by atoms with E-state index < -0.39 is 10.0 Å². The zero-order valence-electron chi connectivity index (χ0n) is 9.72. The summed E-state index contributed by atoms with van der Waals surface area (Å²) < 4.78 is 28.1. The first kappa shape index (κ1) is 11.6. The third-order valence-electron chi connectivity index (χ3n) is 2.53. The number of nitrogens with one attached hydrogen (secondary N) is 2. The van der Waals surface area contributed by atoms with Crippen molar-refractivity contribution in [1.82, 2.24) is 20.0 Å². The first-order chi connectivity index (χ1) is 7.92. The minimum absolute atomic E-state index is 0.0974. The van der Waals surface area contributed by atoms with Gasteiger partial charge in [0.15, 0.2) is 0 Å². The molecule has 0 aromatic carbocycles. The zero-order chi connectivity index (χ0) is 12.6. The van der Waals surface area contributed by atoms with Crippen LogP contribution in [0, 0.1) is 13.8 Å². The van der Waals surface area contributed by atoms with Crippen LogP contribution in [-0.2, 0) is 17.1 Å². The molecule has 7 nitrogen and oxygen atoms in total. The Labute approximate surface area is 98.9 Å². The minimum Gasteiger partial charge on any atom is -0.284 e. The van der Waals surface area contributed by atoms with Crippen molar-refractivity contribution >= 4 is 15.7 Å². The Kier molecular flexibility index (Phi) is 2.66.